The van der Waals surface area contributed by atoms with E-state index in [9.17, 15) is 20.3 Å². The molecule has 1 rings (SSSR count). The summed E-state index contributed by atoms with van der Waals surface area (Å²) < 4.78 is 12.4. The minimum absolute atomic E-state index is 0.380. The molecule has 0 fully saturated rings. The van der Waals surface area contributed by atoms with Gasteiger partial charge in [-0.1, -0.05) is 36.3 Å². The van der Waals surface area contributed by atoms with Crippen LogP contribution in [0.15, 0.2) is 36.3 Å². The van der Waals surface area contributed by atoms with E-state index in [0.29, 0.717) is 11.0 Å². The highest BCUT2D eigenvalue weighted by molar-refractivity contribution is 6.71. The first kappa shape index (κ1) is 24.9. The predicted molar refractivity (Wildman–Crippen MR) is 113 cm³/mol. The van der Waals surface area contributed by atoms with Gasteiger partial charge in [-0.15, -0.1) is 0 Å². The van der Waals surface area contributed by atoms with Crippen LogP contribution in [0, 0.1) is 0 Å². The smallest absolute Gasteiger partial charge is 0.424 e. The topological polar surface area (TPSA) is 99.4 Å². The third kappa shape index (κ3) is 6.44. The maximum atomic E-state index is 10.5. The molecule has 28 heavy (non-hydrogen) atoms. The zero-order valence-corrected chi connectivity index (χ0v) is 18.2. The summed E-state index contributed by atoms with van der Waals surface area (Å²) in [7, 11) is -2.83. The van der Waals surface area contributed by atoms with Crippen molar-refractivity contribution in [3.63, 3.8) is 0 Å². The molecule has 4 N–H and O–H groups in total. The molecule has 8 heteroatoms. The van der Waals surface area contributed by atoms with E-state index in [4.69, 9.17) is 9.31 Å². The lowest BCUT2D eigenvalue weighted by Crippen LogP contribution is -2.56. The molecule has 1 aromatic rings. The zero-order valence-electron chi connectivity index (χ0n) is 18.2. The average molecular weight is 392 g/mol. The van der Waals surface area contributed by atoms with Crippen molar-refractivity contribution >= 4 is 19.7 Å². The lowest BCUT2D eigenvalue weighted by Gasteiger charge is -2.44. The van der Waals surface area contributed by atoms with Crippen LogP contribution in [-0.4, -0.2) is 56.9 Å². The molecule has 6 nitrogen and oxygen atoms in total. The fraction of sp³-hybridized carbons (Fsp3) is 0.600. The summed E-state index contributed by atoms with van der Waals surface area (Å²) in [4.78, 5) is 0. The van der Waals surface area contributed by atoms with Gasteiger partial charge in [0.1, 0.15) is 0 Å². The van der Waals surface area contributed by atoms with Crippen LogP contribution < -0.4 is 0 Å². The van der Waals surface area contributed by atoms with E-state index in [1.54, 1.807) is 67.5 Å². The summed E-state index contributed by atoms with van der Waals surface area (Å²) in [6.07, 6.45) is 0. The molecule has 0 heterocycles. The normalized spacial score (nSPS) is 14.2. The van der Waals surface area contributed by atoms with Gasteiger partial charge in [0.2, 0.25) is 0 Å². The van der Waals surface area contributed by atoms with Gasteiger partial charge < -0.3 is 29.6 Å². The number of aliphatic hydroxyl groups is 2. The first-order valence-corrected chi connectivity index (χ1v) is 9.41. The van der Waals surface area contributed by atoms with Crippen LogP contribution in [0.25, 0.3) is 5.47 Å². The van der Waals surface area contributed by atoms with E-state index < -0.39 is 36.6 Å². The summed E-state index contributed by atoms with van der Waals surface area (Å²) in [5, 5.41) is 40.3. The Balaban J connectivity index is 3.50. The van der Waals surface area contributed by atoms with Gasteiger partial charge >= 0.3 is 14.2 Å². The predicted octanol–water partition coefficient (Wildman–Crippen LogP) is 2.24. The Labute approximate surface area is 169 Å². The molecule has 0 amide bonds. The molecule has 0 radical (unpaired) electrons. The molecule has 0 atom stereocenters. The van der Waals surface area contributed by atoms with E-state index in [-0.39, 0.29) is 0 Å². The molecule has 0 unspecified atom stereocenters. The summed E-state index contributed by atoms with van der Waals surface area (Å²) in [5.41, 5.74) is -3.49. The highest BCUT2D eigenvalue weighted by Gasteiger charge is 2.46. The van der Waals surface area contributed by atoms with Crippen LogP contribution in [0.3, 0.4) is 0 Å². The van der Waals surface area contributed by atoms with Crippen LogP contribution in [0.2, 0.25) is 0 Å². The van der Waals surface area contributed by atoms with E-state index in [1.807, 2.05) is 18.2 Å². The minimum atomic E-state index is -1.74. The molecule has 156 valence electrons. The van der Waals surface area contributed by atoms with Crippen molar-refractivity contribution in [3.05, 3.63) is 41.9 Å². The molecule has 1 aromatic carbocycles. The summed E-state index contributed by atoms with van der Waals surface area (Å²) in [5.74, 6) is 1.22. The van der Waals surface area contributed by atoms with Crippen molar-refractivity contribution in [1.29, 1.82) is 0 Å². The Morgan fingerprint density at radius 2 is 1.18 bits per heavy atom. The van der Waals surface area contributed by atoms with Gasteiger partial charge in [-0.05, 0) is 66.4 Å². The monoisotopic (exact) mass is 392 g/mol. The zero-order chi connectivity index (χ0) is 22.0. The van der Waals surface area contributed by atoms with Gasteiger partial charge in [0.15, 0.2) is 0 Å². The Hall–Kier alpha value is -1.15. The van der Waals surface area contributed by atoms with Crippen LogP contribution in [0.5, 0.6) is 0 Å². The standard InChI is InChI=1S/C20H34B2O6/c1-17(2,23)19(5,6)27-22(28-20(7,8)18(3,4)24)16(14-21(25)26)15-12-10-9-11-13-15/h9-14,23-26H,1-8H3. The first-order chi connectivity index (χ1) is 12.5. The Kier molecular flexibility index (Phi) is 7.73. The first-order valence-electron chi connectivity index (χ1n) is 9.41. The van der Waals surface area contributed by atoms with Gasteiger partial charge in [0.25, 0.3) is 0 Å². The molecule has 0 aromatic heterocycles. The molecule has 0 saturated carbocycles. The second-order valence-corrected chi connectivity index (χ2v) is 9.11. The van der Waals surface area contributed by atoms with Crippen molar-refractivity contribution in [1.82, 2.24) is 0 Å². The summed E-state index contributed by atoms with van der Waals surface area (Å²) >= 11 is 0. The van der Waals surface area contributed by atoms with Crippen LogP contribution in [-0.2, 0) is 9.31 Å². The number of hydrogen-bond donors (Lipinski definition) is 4. The third-order valence-electron chi connectivity index (χ3n) is 5.44. The van der Waals surface area contributed by atoms with Crippen molar-refractivity contribution < 1.29 is 29.6 Å². The maximum Gasteiger partial charge on any atom is 0.494 e. The van der Waals surface area contributed by atoms with Crippen molar-refractivity contribution in [3.8, 4) is 0 Å². The fourth-order valence-corrected chi connectivity index (χ4v) is 2.08. The molecule has 0 bridgehead atoms. The number of rotatable bonds is 9. The van der Waals surface area contributed by atoms with Crippen molar-refractivity contribution in [2.24, 2.45) is 0 Å². The second kappa shape index (κ2) is 8.69. The molecule has 0 aliphatic heterocycles. The van der Waals surface area contributed by atoms with Gasteiger partial charge in [-0.2, -0.15) is 0 Å². The lowest BCUT2D eigenvalue weighted by atomic mass is 9.66. The number of hydrogen-bond acceptors (Lipinski definition) is 6. The van der Waals surface area contributed by atoms with Crippen LogP contribution in [0.4, 0.5) is 0 Å². The summed E-state index contributed by atoms with van der Waals surface area (Å²) in [6.45, 7) is 13.4. The molecular weight excluding hydrogens is 358 g/mol. The van der Waals surface area contributed by atoms with Gasteiger partial charge in [0.05, 0.1) is 22.4 Å². The highest BCUT2D eigenvalue weighted by Crippen LogP contribution is 2.34. The van der Waals surface area contributed by atoms with Crippen LogP contribution >= 0.6 is 0 Å². The molecular formula is C20H34B2O6. The molecule has 0 aliphatic rings. The molecule has 0 saturated heterocycles. The third-order valence-corrected chi connectivity index (χ3v) is 5.44. The maximum absolute atomic E-state index is 10.5. The fourth-order valence-electron chi connectivity index (χ4n) is 2.08. The van der Waals surface area contributed by atoms with E-state index in [1.165, 1.54) is 5.98 Å². The van der Waals surface area contributed by atoms with Crippen molar-refractivity contribution in [2.75, 3.05) is 0 Å². The Morgan fingerprint density at radius 3 is 1.50 bits per heavy atom. The second-order valence-electron chi connectivity index (χ2n) is 9.11. The van der Waals surface area contributed by atoms with Gasteiger partial charge in [-0.3, -0.25) is 0 Å². The van der Waals surface area contributed by atoms with E-state index in [0.717, 1.165) is 0 Å². The Morgan fingerprint density at radius 1 is 0.786 bits per heavy atom. The highest BCUT2D eigenvalue weighted by atomic mass is 16.6. The SMILES string of the molecule is CC(C)(O)C(C)(C)OB(OC(C)(C)C(C)(C)O)C(=CB(O)O)c1ccccc1. The Bertz CT molecular complexity index is 630. The quantitative estimate of drug-likeness (QED) is 0.482. The van der Waals surface area contributed by atoms with Crippen LogP contribution in [0.1, 0.15) is 61.0 Å². The largest absolute Gasteiger partial charge is 0.494 e. The minimum Gasteiger partial charge on any atom is -0.424 e. The molecule has 0 aliphatic carbocycles. The van der Waals surface area contributed by atoms with Gasteiger partial charge in [-0.25, -0.2) is 0 Å². The van der Waals surface area contributed by atoms with Gasteiger partial charge in [0, 0.05) is 0 Å². The van der Waals surface area contributed by atoms with E-state index >= 15 is 0 Å². The average Bonchev–Trinajstić information content (AvgIpc) is 2.50. The lowest BCUT2D eigenvalue weighted by molar-refractivity contribution is -0.131. The van der Waals surface area contributed by atoms with E-state index in [2.05, 4.69) is 0 Å². The van der Waals surface area contributed by atoms with Crippen molar-refractivity contribution in [2.45, 2.75) is 77.8 Å². The summed E-state index contributed by atoms with van der Waals surface area (Å²) in [6, 6.07) is 9.05. The molecule has 0 spiro atoms. The number of benzene rings is 1.